The van der Waals surface area contributed by atoms with Crippen molar-refractivity contribution in [2.75, 3.05) is 26.0 Å². The third kappa shape index (κ3) is 5.58. The molecule has 0 aromatic heterocycles. The van der Waals surface area contributed by atoms with Gasteiger partial charge in [-0.15, -0.1) is 11.8 Å². The molecular weight excluding hydrogens is 370 g/mol. The van der Waals surface area contributed by atoms with Gasteiger partial charge in [-0.05, 0) is 62.4 Å². The molecule has 0 fully saturated rings. The topological polar surface area (TPSA) is 47.6 Å². The minimum atomic E-state index is -0.165. The number of benzene rings is 2. The Morgan fingerprint density at radius 2 is 1.81 bits per heavy atom. The first-order valence-corrected chi connectivity index (χ1v) is 10.2. The molecule has 0 heterocycles. The lowest BCUT2D eigenvalue weighted by molar-refractivity contribution is 0.0954. The molecule has 0 aliphatic heterocycles. The van der Waals surface area contributed by atoms with Crippen LogP contribution in [0.15, 0.2) is 41.3 Å². The van der Waals surface area contributed by atoms with Crippen LogP contribution in [0.3, 0.4) is 0 Å². The van der Waals surface area contributed by atoms with E-state index in [9.17, 15) is 4.79 Å². The van der Waals surface area contributed by atoms with Crippen LogP contribution in [0.1, 0.15) is 29.8 Å². The van der Waals surface area contributed by atoms with Crippen LogP contribution in [0, 0.1) is 0 Å². The molecular formula is C20H24ClNO3S. The summed E-state index contributed by atoms with van der Waals surface area (Å²) >= 11 is 7.72. The van der Waals surface area contributed by atoms with Crippen molar-refractivity contribution in [1.29, 1.82) is 0 Å². The smallest absolute Gasteiger partial charge is 0.252 e. The average molecular weight is 394 g/mol. The zero-order valence-corrected chi connectivity index (χ0v) is 16.9. The summed E-state index contributed by atoms with van der Waals surface area (Å²) in [7, 11) is 0. The van der Waals surface area contributed by atoms with Gasteiger partial charge in [0.2, 0.25) is 0 Å². The summed E-state index contributed by atoms with van der Waals surface area (Å²) in [6.07, 6.45) is 2.66. The van der Waals surface area contributed by atoms with Gasteiger partial charge in [0, 0.05) is 11.4 Å². The number of hydrogen-bond donors (Lipinski definition) is 1. The van der Waals surface area contributed by atoms with Gasteiger partial charge in [0.15, 0.2) is 11.5 Å². The lowest BCUT2D eigenvalue weighted by atomic mass is 10.1. The predicted octanol–water partition coefficient (Wildman–Crippen LogP) is 4.83. The van der Waals surface area contributed by atoms with Gasteiger partial charge < -0.3 is 14.8 Å². The van der Waals surface area contributed by atoms with Crippen LogP contribution >= 0.6 is 23.4 Å². The quantitative estimate of drug-likeness (QED) is 0.620. The number of thioether (sulfide) groups is 1. The van der Waals surface area contributed by atoms with Crippen LogP contribution < -0.4 is 14.8 Å². The molecule has 0 saturated heterocycles. The highest BCUT2D eigenvalue weighted by molar-refractivity contribution is 7.98. The number of nitrogens with one attached hydrogen (secondary N) is 1. The highest BCUT2D eigenvalue weighted by Crippen LogP contribution is 2.28. The van der Waals surface area contributed by atoms with E-state index in [1.54, 1.807) is 17.8 Å². The Hall–Kier alpha value is -1.85. The van der Waals surface area contributed by atoms with Crippen molar-refractivity contribution < 1.29 is 14.3 Å². The Bertz CT molecular complexity index is 752. The largest absolute Gasteiger partial charge is 0.490 e. The number of rotatable bonds is 9. The van der Waals surface area contributed by atoms with E-state index in [0.29, 0.717) is 36.8 Å². The summed E-state index contributed by atoms with van der Waals surface area (Å²) in [6.45, 7) is 5.56. The molecule has 26 heavy (non-hydrogen) atoms. The second-order valence-corrected chi connectivity index (χ2v) is 6.79. The molecule has 0 radical (unpaired) electrons. The van der Waals surface area contributed by atoms with E-state index in [4.69, 9.17) is 21.1 Å². The van der Waals surface area contributed by atoms with Crippen molar-refractivity contribution in [3.8, 4) is 11.5 Å². The van der Waals surface area contributed by atoms with Crippen LogP contribution in [0.5, 0.6) is 11.5 Å². The molecule has 1 amide bonds. The van der Waals surface area contributed by atoms with Crippen molar-refractivity contribution in [1.82, 2.24) is 5.32 Å². The van der Waals surface area contributed by atoms with Gasteiger partial charge in [0.25, 0.3) is 5.91 Å². The summed E-state index contributed by atoms with van der Waals surface area (Å²) in [6, 6.07) is 11.3. The van der Waals surface area contributed by atoms with E-state index in [1.807, 2.05) is 50.4 Å². The Labute approximate surface area is 164 Å². The van der Waals surface area contributed by atoms with Gasteiger partial charge >= 0.3 is 0 Å². The van der Waals surface area contributed by atoms with Crippen molar-refractivity contribution in [2.24, 2.45) is 0 Å². The molecule has 2 aromatic rings. The monoisotopic (exact) mass is 393 g/mol. The fourth-order valence-corrected chi connectivity index (χ4v) is 3.12. The van der Waals surface area contributed by atoms with E-state index in [-0.39, 0.29) is 5.91 Å². The zero-order valence-electron chi connectivity index (χ0n) is 15.3. The average Bonchev–Trinajstić information content (AvgIpc) is 2.64. The summed E-state index contributed by atoms with van der Waals surface area (Å²) in [4.78, 5) is 13.4. The standard InChI is InChI=1S/C20H24ClNO3S/c1-4-24-18-9-6-14(12-19(18)25-5-2)10-11-22-20(23)16-13-15(26-3)7-8-17(16)21/h6-9,12-13H,4-5,10-11H2,1-3H3,(H,22,23). The van der Waals surface area contributed by atoms with E-state index in [2.05, 4.69) is 5.32 Å². The van der Waals surface area contributed by atoms with Crippen LogP contribution in [0.2, 0.25) is 5.02 Å². The van der Waals surface area contributed by atoms with Crippen molar-refractivity contribution in [3.05, 3.63) is 52.5 Å². The molecule has 0 aliphatic rings. The molecule has 4 nitrogen and oxygen atoms in total. The van der Waals surface area contributed by atoms with Crippen LogP contribution in [-0.2, 0) is 6.42 Å². The number of carbonyl (C=O) groups excluding carboxylic acids is 1. The van der Waals surface area contributed by atoms with E-state index in [0.717, 1.165) is 22.0 Å². The molecule has 0 saturated carbocycles. The fourth-order valence-electron chi connectivity index (χ4n) is 2.47. The maximum Gasteiger partial charge on any atom is 0.252 e. The lowest BCUT2D eigenvalue weighted by Gasteiger charge is -2.13. The SMILES string of the molecule is CCOc1ccc(CCNC(=O)c2cc(SC)ccc2Cl)cc1OCC. The number of hydrogen-bond acceptors (Lipinski definition) is 4. The zero-order chi connectivity index (χ0) is 18.9. The van der Waals surface area contributed by atoms with Gasteiger partial charge in [-0.3, -0.25) is 4.79 Å². The Morgan fingerprint density at radius 1 is 1.08 bits per heavy atom. The fraction of sp³-hybridized carbons (Fsp3) is 0.350. The molecule has 140 valence electrons. The summed E-state index contributed by atoms with van der Waals surface area (Å²) in [5, 5.41) is 3.38. The van der Waals surface area contributed by atoms with Gasteiger partial charge in [0.05, 0.1) is 23.8 Å². The molecule has 0 aliphatic carbocycles. The molecule has 0 bridgehead atoms. The number of carbonyl (C=O) groups is 1. The molecule has 0 atom stereocenters. The number of amides is 1. The Kier molecular flexibility index (Phi) is 8.13. The molecule has 0 unspecified atom stereocenters. The second kappa shape index (κ2) is 10.3. The van der Waals surface area contributed by atoms with E-state index < -0.39 is 0 Å². The normalized spacial score (nSPS) is 10.5. The first kappa shape index (κ1) is 20.5. The number of ether oxygens (including phenoxy) is 2. The maximum atomic E-state index is 12.4. The highest BCUT2D eigenvalue weighted by atomic mass is 35.5. The minimum Gasteiger partial charge on any atom is -0.490 e. The third-order valence-corrected chi connectivity index (χ3v) is 4.78. The first-order chi connectivity index (χ1) is 12.6. The van der Waals surface area contributed by atoms with Gasteiger partial charge in [0.1, 0.15) is 0 Å². The molecule has 2 aromatic carbocycles. The Balaban J connectivity index is 1.99. The van der Waals surface area contributed by atoms with Crippen molar-refractivity contribution in [2.45, 2.75) is 25.2 Å². The summed E-state index contributed by atoms with van der Waals surface area (Å²) in [5.74, 6) is 1.30. The highest BCUT2D eigenvalue weighted by Gasteiger charge is 2.11. The van der Waals surface area contributed by atoms with Crippen molar-refractivity contribution in [3.63, 3.8) is 0 Å². The number of halogens is 1. The second-order valence-electron chi connectivity index (χ2n) is 5.50. The summed E-state index contributed by atoms with van der Waals surface area (Å²) in [5.41, 5.74) is 1.57. The van der Waals surface area contributed by atoms with Gasteiger partial charge in [-0.2, -0.15) is 0 Å². The van der Waals surface area contributed by atoms with Crippen LogP contribution in [-0.4, -0.2) is 31.9 Å². The Morgan fingerprint density at radius 3 is 2.50 bits per heavy atom. The predicted molar refractivity (Wildman–Crippen MR) is 108 cm³/mol. The first-order valence-electron chi connectivity index (χ1n) is 8.59. The molecule has 0 spiro atoms. The van der Waals surface area contributed by atoms with Crippen LogP contribution in [0.4, 0.5) is 0 Å². The van der Waals surface area contributed by atoms with E-state index in [1.165, 1.54) is 0 Å². The lowest BCUT2D eigenvalue weighted by Crippen LogP contribution is -2.26. The van der Waals surface area contributed by atoms with Gasteiger partial charge in [-0.25, -0.2) is 0 Å². The van der Waals surface area contributed by atoms with Crippen LogP contribution in [0.25, 0.3) is 0 Å². The van der Waals surface area contributed by atoms with Crippen molar-refractivity contribution >= 4 is 29.3 Å². The molecule has 1 N–H and O–H groups in total. The van der Waals surface area contributed by atoms with E-state index >= 15 is 0 Å². The van der Waals surface area contributed by atoms with Gasteiger partial charge in [-0.1, -0.05) is 17.7 Å². The molecule has 6 heteroatoms. The molecule has 2 rings (SSSR count). The summed E-state index contributed by atoms with van der Waals surface area (Å²) < 4.78 is 11.2. The maximum absolute atomic E-state index is 12.4. The minimum absolute atomic E-state index is 0.165. The third-order valence-electron chi connectivity index (χ3n) is 3.73.